The second-order valence-corrected chi connectivity index (χ2v) is 21.1. The molecule has 0 radical (unpaired) electrons. The summed E-state index contributed by atoms with van der Waals surface area (Å²) in [5, 5.41) is 0.296. The molecule has 5 aliphatic rings. The van der Waals surface area contributed by atoms with Gasteiger partial charge in [-0.05, 0) is 116 Å². The molecule has 0 unspecified atom stereocenters. The third-order valence-electron chi connectivity index (χ3n) is 12.9. The first-order valence-corrected chi connectivity index (χ1v) is 18.6. The van der Waals surface area contributed by atoms with Gasteiger partial charge in [0.25, 0.3) is 0 Å². The highest BCUT2D eigenvalue weighted by Gasteiger charge is 2.65. The average Bonchev–Trinajstić information content (AvgIpc) is 3.45. The summed E-state index contributed by atoms with van der Waals surface area (Å²) in [4.78, 5) is 0. The highest BCUT2D eigenvalue weighted by molar-refractivity contribution is 6.74. The molecule has 0 spiro atoms. The molecule has 8 atom stereocenters. The maximum Gasteiger partial charge on any atom is 0.192 e. The minimum Gasteiger partial charge on any atom is -0.414 e. The summed E-state index contributed by atoms with van der Waals surface area (Å²) in [7, 11) is -1.71. The van der Waals surface area contributed by atoms with Crippen LogP contribution in [0.15, 0.2) is 11.6 Å². The van der Waals surface area contributed by atoms with Crippen LogP contribution in [-0.4, -0.2) is 26.6 Å². The molecule has 2 nitrogen and oxygen atoms in total. The van der Waals surface area contributed by atoms with Gasteiger partial charge in [0.15, 0.2) is 8.32 Å². The fourth-order valence-corrected chi connectivity index (χ4v) is 11.0. The molecule has 5 rings (SSSR count). The van der Waals surface area contributed by atoms with Crippen molar-refractivity contribution >= 4 is 8.32 Å². The third-order valence-corrected chi connectivity index (χ3v) is 17.4. The molecule has 4 aliphatic carbocycles. The van der Waals surface area contributed by atoms with E-state index in [2.05, 4.69) is 67.6 Å². The van der Waals surface area contributed by atoms with Gasteiger partial charge >= 0.3 is 0 Å². The van der Waals surface area contributed by atoms with Crippen LogP contribution in [0.2, 0.25) is 18.1 Å². The number of hydrogen-bond donors (Lipinski definition) is 0. The van der Waals surface area contributed by atoms with Crippen LogP contribution in [0.5, 0.6) is 0 Å². The number of allylic oxidation sites excluding steroid dienone is 1. The van der Waals surface area contributed by atoms with Gasteiger partial charge < -0.3 is 9.16 Å². The Hall–Kier alpha value is -0.123. The summed E-state index contributed by atoms with van der Waals surface area (Å²) in [6.45, 7) is 23.1. The first-order valence-electron chi connectivity index (χ1n) is 15.7. The lowest BCUT2D eigenvalue weighted by Crippen LogP contribution is -2.52. The lowest BCUT2D eigenvalue weighted by Gasteiger charge is -2.59. The molecular formula is C33H58O2Si. The Morgan fingerprint density at radius 1 is 1.06 bits per heavy atom. The van der Waals surface area contributed by atoms with Gasteiger partial charge in [-0.1, -0.05) is 73.0 Å². The van der Waals surface area contributed by atoms with Crippen molar-refractivity contribution in [2.24, 2.45) is 40.4 Å². The van der Waals surface area contributed by atoms with E-state index < -0.39 is 8.32 Å². The quantitative estimate of drug-likeness (QED) is 0.192. The standard InChI is InChI=1S/C33H58O2Si/c1-23(2)11-10-18-33(22-34-33)29-15-14-27-26-13-12-24-21-25(35-36(8,9)30(3,4)5)16-19-31(24,6)28(26)17-20-32(27,29)7/h12,23,25-29H,10-11,13-22H2,1-9H3/t25-,26-,27-,28-,29-,31-,32-,33-/m0/s1. The van der Waals surface area contributed by atoms with Crippen molar-refractivity contribution in [1.82, 2.24) is 0 Å². The van der Waals surface area contributed by atoms with Crippen molar-refractivity contribution in [2.45, 2.75) is 149 Å². The Labute approximate surface area is 224 Å². The molecule has 0 N–H and O–H groups in total. The lowest BCUT2D eigenvalue weighted by atomic mass is 9.47. The van der Waals surface area contributed by atoms with Gasteiger partial charge in [-0.2, -0.15) is 0 Å². The zero-order chi connectivity index (χ0) is 26.1. The van der Waals surface area contributed by atoms with Crippen LogP contribution in [0.25, 0.3) is 0 Å². The van der Waals surface area contributed by atoms with Crippen molar-refractivity contribution in [3.8, 4) is 0 Å². The second kappa shape index (κ2) is 9.22. The SMILES string of the molecule is CC(C)CCC[C@@]1([C@H]2CC[C@H]3[C@@H]4CC=C5C[C@@H](O[Si](C)(C)C(C)(C)C)CC[C@]5(C)[C@H]4CC[C@]23C)CO1. The molecule has 4 fully saturated rings. The molecule has 3 saturated carbocycles. The summed E-state index contributed by atoms with van der Waals surface area (Å²) < 4.78 is 13.3. The molecule has 3 heteroatoms. The highest BCUT2D eigenvalue weighted by atomic mass is 28.4. The van der Waals surface area contributed by atoms with Gasteiger partial charge in [0.2, 0.25) is 0 Å². The molecular weight excluding hydrogens is 456 g/mol. The van der Waals surface area contributed by atoms with Crippen molar-refractivity contribution < 1.29 is 9.16 Å². The van der Waals surface area contributed by atoms with E-state index in [4.69, 9.17) is 9.16 Å². The van der Waals surface area contributed by atoms with Crippen molar-refractivity contribution in [2.75, 3.05) is 6.61 Å². The van der Waals surface area contributed by atoms with Crippen LogP contribution in [-0.2, 0) is 9.16 Å². The van der Waals surface area contributed by atoms with Gasteiger partial charge in [0.1, 0.15) is 0 Å². The second-order valence-electron chi connectivity index (χ2n) is 16.3. The average molecular weight is 515 g/mol. The predicted octanol–water partition coefficient (Wildman–Crippen LogP) is 9.55. The van der Waals surface area contributed by atoms with Gasteiger partial charge in [0.05, 0.1) is 12.2 Å². The number of epoxide rings is 1. The van der Waals surface area contributed by atoms with Crippen LogP contribution in [0.1, 0.15) is 119 Å². The maximum atomic E-state index is 6.95. The van der Waals surface area contributed by atoms with Gasteiger partial charge in [-0.3, -0.25) is 0 Å². The molecule has 0 aromatic heterocycles. The largest absolute Gasteiger partial charge is 0.414 e. The fraction of sp³-hybridized carbons (Fsp3) is 0.939. The van der Waals surface area contributed by atoms with Crippen molar-refractivity contribution in [3.05, 3.63) is 11.6 Å². The molecule has 0 aromatic rings. The molecule has 1 aliphatic heterocycles. The van der Waals surface area contributed by atoms with E-state index in [0.717, 1.165) is 36.2 Å². The first-order chi connectivity index (χ1) is 16.7. The van der Waals surface area contributed by atoms with Crippen LogP contribution in [0.4, 0.5) is 0 Å². The highest BCUT2D eigenvalue weighted by Crippen LogP contribution is 2.69. The van der Waals surface area contributed by atoms with Crippen LogP contribution >= 0.6 is 0 Å². The number of fused-ring (bicyclic) bond motifs is 5. The zero-order valence-electron chi connectivity index (χ0n) is 25.3. The van der Waals surface area contributed by atoms with E-state index >= 15 is 0 Å². The van der Waals surface area contributed by atoms with Crippen LogP contribution in [0.3, 0.4) is 0 Å². The lowest BCUT2D eigenvalue weighted by molar-refractivity contribution is -0.0613. The summed E-state index contributed by atoms with van der Waals surface area (Å²) in [6.07, 6.45) is 18.1. The van der Waals surface area contributed by atoms with Crippen molar-refractivity contribution in [3.63, 3.8) is 0 Å². The van der Waals surface area contributed by atoms with Gasteiger partial charge in [0, 0.05) is 6.10 Å². The summed E-state index contributed by atoms with van der Waals surface area (Å²) in [6, 6.07) is 0. The normalized spacial score (nSPS) is 44.6. The first kappa shape index (κ1) is 27.4. The summed E-state index contributed by atoms with van der Waals surface area (Å²) >= 11 is 0. The molecule has 206 valence electrons. The molecule has 36 heavy (non-hydrogen) atoms. The molecule has 1 saturated heterocycles. The van der Waals surface area contributed by atoms with E-state index in [1.807, 2.05) is 0 Å². The molecule has 0 aromatic carbocycles. The van der Waals surface area contributed by atoms with Crippen LogP contribution < -0.4 is 0 Å². The number of hydrogen-bond acceptors (Lipinski definition) is 2. The van der Waals surface area contributed by atoms with Gasteiger partial charge in [-0.15, -0.1) is 0 Å². The minimum absolute atomic E-state index is 0.240. The van der Waals surface area contributed by atoms with E-state index in [9.17, 15) is 0 Å². The monoisotopic (exact) mass is 514 g/mol. The Morgan fingerprint density at radius 2 is 1.78 bits per heavy atom. The maximum absolute atomic E-state index is 6.95. The van der Waals surface area contributed by atoms with E-state index in [1.54, 1.807) is 5.57 Å². The van der Waals surface area contributed by atoms with Crippen LogP contribution in [0, 0.1) is 40.4 Å². The number of rotatable bonds is 7. The Balaban J connectivity index is 1.29. The molecule has 0 bridgehead atoms. The summed E-state index contributed by atoms with van der Waals surface area (Å²) in [5.41, 5.74) is 2.93. The van der Waals surface area contributed by atoms with E-state index in [0.29, 0.717) is 22.0 Å². The Morgan fingerprint density at radius 3 is 2.42 bits per heavy atom. The Bertz CT molecular complexity index is 848. The molecule has 1 heterocycles. The van der Waals surface area contributed by atoms with Gasteiger partial charge in [-0.25, -0.2) is 0 Å². The topological polar surface area (TPSA) is 21.8 Å². The van der Waals surface area contributed by atoms with E-state index in [1.165, 1.54) is 70.6 Å². The van der Waals surface area contributed by atoms with Crippen molar-refractivity contribution in [1.29, 1.82) is 0 Å². The number of ether oxygens (including phenoxy) is 1. The predicted molar refractivity (Wildman–Crippen MR) is 155 cm³/mol. The molecule has 0 amide bonds. The minimum atomic E-state index is -1.71. The Kier molecular flexibility index (Phi) is 7.03. The smallest absolute Gasteiger partial charge is 0.192 e. The zero-order valence-corrected chi connectivity index (χ0v) is 26.3. The van der Waals surface area contributed by atoms with E-state index in [-0.39, 0.29) is 5.60 Å². The fourth-order valence-electron chi connectivity index (χ4n) is 9.61. The summed E-state index contributed by atoms with van der Waals surface area (Å²) in [5.74, 6) is 4.31. The third kappa shape index (κ3) is 4.53.